The monoisotopic (exact) mass is 270 g/mol. The Balaban J connectivity index is 2.17. The third kappa shape index (κ3) is 2.93. The predicted molar refractivity (Wildman–Crippen MR) is 80.1 cm³/mol. The average molecular weight is 270 g/mol. The van der Waals surface area contributed by atoms with Crippen molar-refractivity contribution in [3.05, 3.63) is 47.9 Å². The van der Waals surface area contributed by atoms with Crippen LogP contribution in [0.2, 0.25) is 0 Å². The third-order valence-corrected chi connectivity index (χ3v) is 3.16. The zero-order chi connectivity index (χ0) is 14.5. The topological polar surface area (TPSA) is 58.1 Å². The largest absolute Gasteiger partial charge is 0.372 e. The van der Waals surface area contributed by atoms with Crippen molar-refractivity contribution in [1.82, 2.24) is 9.97 Å². The normalized spacial score (nSPS) is 10.2. The SMILES string of the molecule is CCc1ccc(N(C)C(=O)c2cnc(NC)cn2)cc1. The first-order valence-corrected chi connectivity index (χ1v) is 6.52. The number of carbonyl (C=O) groups is 1. The maximum Gasteiger partial charge on any atom is 0.278 e. The quantitative estimate of drug-likeness (QED) is 0.926. The van der Waals surface area contributed by atoms with Crippen LogP contribution in [-0.2, 0) is 6.42 Å². The highest BCUT2D eigenvalue weighted by molar-refractivity contribution is 6.04. The van der Waals surface area contributed by atoms with Crippen LogP contribution in [0.25, 0.3) is 0 Å². The highest BCUT2D eigenvalue weighted by Gasteiger charge is 2.15. The van der Waals surface area contributed by atoms with Gasteiger partial charge in [-0.05, 0) is 24.1 Å². The summed E-state index contributed by atoms with van der Waals surface area (Å²) < 4.78 is 0. The molecule has 0 fully saturated rings. The van der Waals surface area contributed by atoms with Gasteiger partial charge in [0.05, 0.1) is 12.4 Å². The minimum Gasteiger partial charge on any atom is -0.372 e. The highest BCUT2D eigenvalue weighted by atomic mass is 16.2. The van der Waals surface area contributed by atoms with Crippen LogP contribution in [0.1, 0.15) is 23.0 Å². The molecule has 1 aromatic heterocycles. The van der Waals surface area contributed by atoms with E-state index in [0.29, 0.717) is 11.5 Å². The van der Waals surface area contributed by atoms with Gasteiger partial charge in [-0.2, -0.15) is 0 Å². The van der Waals surface area contributed by atoms with E-state index in [9.17, 15) is 4.79 Å². The van der Waals surface area contributed by atoms with Crippen LogP contribution in [0.5, 0.6) is 0 Å². The van der Waals surface area contributed by atoms with Crippen molar-refractivity contribution in [3.63, 3.8) is 0 Å². The molecule has 0 saturated heterocycles. The Morgan fingerprint density at radius 1 is 1.20 bits per heavy atom. The summed E-state index contributed by atoms with van der Waals surface area (Å²) in [6.07, 6.45) is 4.00. The van der Waals surface area contributed by atoms with Crippen molar-refractivity contribution in [3.8, 4) is 0 Å². The Morgan fingerprint density at radius 2 is 1.90 bits per heavy atom. The number of hydrogen-bond acceptors (Lipinski definition) is 4. The molecule has 1 heterocycles. The molecule has 1 amide bonds. The lowest BCUT2D eigenvalue weighted by Crippen LogP contribution is -2.27. The molecular formula is C15H18N4O. The summed E-state index contributed by atoms with van der Waals surface area (Å²) in [5.41, 5.74) is 2.41. The van der Waals surface area contributed by atoms with E-state index in [1.807, 2.05) is 24.3 Å². The molecule has 0 aliphatic heterocycles. The fourth-order valence-electron chi connectivity index (χ4n) is 1.81. The van der Waals surface area contributed by atoms with Gasteiger partial charge in [0.2, 0.25) is 0 Å². The molecule has 0 aliphatic carbocycles. The molecule has 0 radical (unpaired) electrons. The van der Waals surface area contributed by atoms with E-state index in [1.165, 1.54) is 11.8 Å². The average Bonchev–Trinajstić information content (AvgIpc) is 2.53. The lowest BCUT2D eigenvalue weighted by Gasteiger charge is -2.17. The third-order valence-electron chi connectivity index (χ3n) is 3.16. The van der Waals surface area contributed by atoms with Crippen LogP contribution in [-0.4, -0.2) is 30.0 Å². The number of hydrogen-bond donors (Lipinski definition) is 1. The molecule has 5 heteroatoms. The lowest BCUT2D eigenvalue weighted by atomic mass is 10.1. The van der Waals surface area contributed by atoms with Crippen LogP contribution < -0.4 is 10.2 Å². The minimum atomic E-state index is -0.176. The van der Waals surface area contributed by atoms with Gasteiger partial charge in [-0.15, -0.1) is 0 Å². The molecule has 104 valence electrons. The van der Waals surface area contributed by atoms with Crippen molar-refractivity contribution < 1.29 is 4.79 Å². The summed E-state index contributed by atoms with van der Waals surface area (Å²) in [5, 5.41) is 2.87. The van der Waals surface area contributed by atoms with Gasteiger partial charge in [-0.3, -0.25) is 4.79 Å². The zero-order valence-electron chi connectivity index (χ0n) is 11.9. The van der Waals surface area contributed by atoms with Crippen molar-refractivity contribution in [2.45, 2.75) is 13.3 Å². The van der Waals surface area contributed by atoms with E-state index in [1.54, 1.807) is 25.2 Å². The molecule has 2 rings (SSSR count). The Morgan fingerprint density at radius 3 is 2.40 bits per heavy atom. The van der Waals surface area contributed by atoms with Gasteiger partial charge in [-0.1, -0.05) is 19.1 Å². The summed E-state index contributed by atoms with van der Waals surface area (Å²) in [5.74, 6) is 0.459. The number of amides is 1. The van der Waals surface area contributed by atoms with Gasteiger partial charge in [-0.25, -0.2) is 9.97 Å². The fourth-order valence-corrected chi connectivity index (χ4v) is 1.81. The van der Waals surface area contributed by atoms with Crippen LogP contribution in [0, 0.1) is 0 Å². The molecule has 1 aromatic carbocycles. The number of anilines is 2. The fraction of sp³-hybridized carbons (Fsp3) is 0.267. The first kappa shape index (κ1) is 14.0. The number of rotatable bonds is 4. The molecule has 0 saturated carbocycles. The number of aryl methyl sites for hydroxylation is 1. The zero-order valence-corrected chi connectivity index (χ0v) is 11.9. The van der Waals surface area contributed by atoms with E-state index in [-0.39, 0.29) is 5.91 Å². The van der Waals surface area contributed by atoms with Gasteiger partial charge in [0.15, 0.2) is 0 Å². The molecule has 0 aliphatic rings. The van der Waals surface area contributed by atoms with Crippen molar-refractivity contribution in [2.75, 3.05) is 24.3 Å². The van der Waals surface area contributed by atoms with Gasteiger partial charge in [0.25, 0.3) is 5.91 Å². The minimum absolute atomic E-state index is 0.176. The summed E-state index contributed by atoms with van der Waals surface area (Å²) in [7, 11) is 3.49. The molecule has 0 atom stereocenters. The van der Waals surface area contributed by atoms with Crippen LogP contribution in [0.15, 0.2) is 36.7 Å². The van der Waals surface area contributed by atoms with Gasteiger partial charge >= 0.3 is 0 Å². The second-order valence-corrected chi connectivity index (χ2v) is 4.42. The summed E-state index contributed by atoms with van der Waals surface area (Å²) in [6.45, 7) is 2.10. The number of nitrogens with zero attached hydrogens (tertiary/aromatic N) is 3. The molecule has 5 nitrogen and oxygen atoms in total. The van der Waals surface area contributed by atoms with E-state index >= 15 is 0 Å². The number of benzene rings is 1. The van der Waals surface area contributed by atoms with Crippen molar-refractivity contribution in [2.24, 2.45) is 0 Å². The van der Waals surface area contributed by atoms with Crippen molar-refractivity contribution in [1.29, 1.82) is 0 Å². The van der Waals surface area contributed by atoms with E-state index in [0.717, 1.165) is 12.1 Å². The Hall–Kier alpha value is -2.43. The highest BCUT2D eigenvalue weighted by Crippen LogP contribution is 2.16. The Kier molecular flexibility index (Phi) is 4.30. The maximum absolute atomic E-state index is 12.3. The summed E-state index contributed by atoms with van der Waals surface area (Å²) >= 11 is 0. The standard InChI is InChI=1S/C15H18N4O/c1-4-11-5-7-12(8-6-11)19(3)15(20)13-9-18-14(16-2)10-17-13/h5-10H,4H2,1-3H3,(H,16,18). The molecule has 20 heavy (non-hydrogen) atoms. The number of carbonyl (C=O) groups excluding carboxylic acids is 1. The second kappa shape index (κ2) is 6.14. The van der Waals surface area contributed by atoms with E-state index in [4.69, 9.17) is 0 Å². The van der Waals surface area contributed by atoms with Gasteiger partial charge < -0.3 is 10.2 Å². The van der Waals surface area contributed by atoms with Gasteiger partial charge in [0.1, 0.15) is 11.5 Å². The Labute approximate surface area is 118 Å². The second-order valence-electron chi connectivity index (χ2n) is 4.42. The molecule has 1 N–H and O–H groups in total. The predicted octanol–water partition coefficient (Wildman–Crippen LogP) is 2.36. The first-order valence-electron chi connectivity index (χ1n) is 6.52. The Bertz CT molecular complexity index is 578. The molecule has 0 bridgehead atoms. The van der Waals surface area contributed by atoms with Crippen LogP contribution in [0.3, 0.4) is 0 Å². The van der Waals surface area contributed by atoms with E-state index in [2.05, 4.69) is 22.2 Å². The summed E-state index contributed by atoms with van der Waals surface area (Å²) in [4.78, 5) is 22.1. The van der Waals surface area contributed by atoms with Gasteiger partial charge in [0, 0.05) is 19.8 Å². The molecule has 2 aromatic rings. The smallest absolute Gasteiger partial charge is 0.278 e. The van der Waals surface area contributed by atoms with Crippen molar-refractivity contribution >= 4 is 17.4 Å². The maximum atomic E-state index is 12.3. The molecule has 0 unspecified atom stereocenters. The van der Waals surface area contributed by atoms with Crippen LogP contribution >= 0.6 is 0 Å². The lowest BCUT2D eigenvalue weighted by molar-refractivity contribution is 0.0988. The number of nitrogens with one attached hydrogen (secondary N) is 1. The number of aromatic nitrogens is 2. The van der Waals surface area contributed by atoms with E-state index < -0.39 is 0 Å². The summed E-state index contributed by atoms with van der Waals surface area (Å²) in [6, 6.07) is 7.92. The van der Waals surface area contributed by atoms with Crippen LogP contribution in [0.4, 0.5) is 11.5 Å². The molecule has 0 spiro atoms. The molecular weight excluding hydrogens is 252 g/mol. The first-order chi connectivity index (χ1) is 9.65.